The van der Waals surface area contributed by atoms with Crippen molar-refractivity contribution < 1.29 is 0 Å². The van der Waals surface area contributed by atoms with E-state index in [1.807, 2.05) is 0 Å². The molecule has 84 valence electrons. The van der Waals surface area contributed by atoms with Gasteiger partial charge in [0.25, 0.3) is 0 Å². The lowest BCUT2D eigenvalue weighted by atomic mass is 9.86. The van der Waals surface area contributed by atoms with Gasteiger partial charge in [-0.3, -0.25) is 4.90 Å². The van der Waals surface area contributed by atoms with Crippen LogP contribution < -0.4 is 5.73 Å². The molecule has 0 radical (unpaired) electrons. The van der Waals surface area contributed by atoms with Crippen molar-refractivity contribution >= 4 is 0 Å². The summed E-state index contributed by atoms with van der Waals surface area (Å²) in [6.45, 7) is 12.3. The van der Waals surface area contributed by atoms with Crippen molar-refractivity contribution in [1.82, 2.24) is 4.90 Å². The predicted molar refractivity (Wildman–Crippen MR) is 62.3 cm³/mol. The Labute approximate surface area is 88.8 Å². The third kappa shape index (κ3) is 2.48. The minimum atomic E-state index is 0.192. The van der Waals surface area contributed by atoms with Crippen LogP contribution in [0.1, 0.15) is 40.5 Å². The summed E-state index contributed by atoms with van der Waals surface area (Å²) in [5.74, 6) is 1.59. The number of hydrogen-bond acceptors (Lipinski definition) is 2. The molecule has 1 rings (SSSR count). The molecule has 0 aromatic heterocycles. The van der Waals surface area contributed by atoms with Crippen LogP contribution >= 0.6 is 0 Å². The Kier molecular flexibility index (Phi) is 3.96. The number of hydrogen-bond donors (Lipinski definition) is 1. The smallest absolute Gasteiger partial charge is 0.0326 e. The van der Waals surface area contributed by atoms with Gasteiger partial charge in [-0.1, -0.05) is 20.8 Å². The van der Waals surface area contributed by atoms with E-state index in [1.54, 1.807) is 0 Å². The first-order chi connectivity index (χ1) is 6.54. The molecule has 1 aliphatic carbocycles. The van der Waals surface area contributed by atoms with E-state index < -0.39 is 0 Å². The zero-order valence-corrected chi connectivity index (χ0v) is 10.2. The fourth-order valence-electron chi connectivity index (χ4n) is 2.04. The number of nitrogens with zero attached hydrogens (tertiary/aromatic N) is 1. The molecule has 0 spiro atoms. The van der Waals surface area contributed by atoms with Crippen molar-refractivity contribution in [2.75, 3.05) is 19.6 Å². The normalized spacial score (nSPS) is 21.6. The molecule has 1 fully saturated rings. The fourth-order valence-corrected chi connectivity index (χ4v) is 2.04. The van der Waals surface area contributed by atoms with Crippen LogP contribution in [-0.2, 0) is 0 Å². The van der Waals surface area contributed by atoms with Crippen LogP contribution in [0.25, 0.3) is 0 Å². The highest BCUT2D eigenvalue weighted by Crippen LogP contribution is 2.33. The molecule has 2 nitrogen and oxygen atoms in total. The molecule has 0 saturated heterocycles. The van der Waals surface area contributed by atoms with Gasteiger partial charge in [0.2, 0.25) is 0 Å². The second kappa shape index (κ2) is 4.63. The quantitative estimate of drug-likeness (QED) is 0.708. The molecule has 2 heteroatoms. The van der Waals surface area contributed by atoms with Crippen LogP contribution in [0, 0.1) is 11.8 Å². The van der Waals surface area contributed by atoms with E-state index in [1.165, 1.54) is 19.4 Å². The van der Waals surface area contributed by atoms with E-state index in [0.29, 0.717) is 5.92 Å². The summed E-state index contributed by atoms with van der Waals surface area (Å²) in [4.78, 5) is 2.58. The zero-order valence-electron chi connectivity index (χ0n) is 10.2. The minimum Gasteiger partial charge on any atom is -0.329 e. The molecule has 0 aliphatic heterocycles. The maximum absolute atomic E-state index is 5.94. The number of rotatable bonds is 6. The summed E-state index contributed by atoms with van der Waals surface area (Å²) >= 11 is 0. The van der Waals surface area contributed by atoms with Crippen LogP contribution in [0.4, 0.5) is 0 Å². The highest BCUT2D eigenvalue weighted by atomic mass is 15.2. The Morgan fingerprint density at radius 3 is 2.29 bits per heavy atom. The predicted octanol–water partition coefficient (Wildman–Crippen LogP) is 2.09. The lowest BCUT2D eigenvalue weighted by Gasteiger charge is -2.43. The van der Waals surface area contributed by atoms with Gasteiger partial charge in [-0.15, -0.1) is 0 Å². The molecule has 1 atom stereocenters. The molecular formula is C12H26N2. The molecule has 0 heterocycles. The van der Waals surface area contributed by atoms with Gasteiger partial charge in [0.1, 0.15) is 0 Å². The maximum atomic E-state index is 5.94. The first-order valence-corrected chi connectivity index (χ1v) is 5.99. The molecule has 1 saturated carbocycles. The van der Waals surface area contributed by atoms with E-state index in [2.05, 4.69) is 32.6 Å². The van der Waals surface area contributed by atoms with Gasteiger partial charge in [0.05, 0.1) is 0 Å². The zero-order chi connectivity index (χ0) is 10.8. The van der Waals surface area contributed by atoms with Crippen molar-refractivity contribution in [3.05, 3.63) is 0 Å². The molecule has 0 aromatic rings. The second-order valence-electron chi connectivity index (χ2n) is 5.20. The van der Waals surface area contributed by atoms with Crippen molar-refractivity contribution in [2.45, 2.75) is 46.1 Å². The molecular weight excluding hydrogens is 172 g/mol. The second-order valence-corrected chi connectivity index (χ2v) is 5.20. The molecule has 0 bridgehead atoms. The summed E-state index contributed by atoms with van der Waals surface area (Å²) in [6, 6.07) is 0. The van der Waals surface area contributed by atoms with Gasteiger partial charge in [-0.2, -0.15) is 0 Å². The van der Waals surface area contributed by atoms with Crippen molar-refractivity contribution in [2.24, 2.45) is 17.6 Å². The van der Waals surface area contributed by atoms with Gasteiger partial charge in [0.15, 0.2) is 0 Å². The van der Waals surface area contributed by atoms with Crippen LogP contribution in [0.2, 0.25) is 0 Å². The van der Waals surface area contributed by atoms with E-state index in [4.69, 9.17) is 5.73 Å². The lowest BCUT2D eigenvalue weighted by molar-refractivity contribution is 0.0678. The van der Waals surface area contributed by atoms with Crippen molar-refractivity contribution in [1.29, 1.82) is 0 Å². The standard InChI is InChI=1S/C12H26N2/c1-5-14(8-11-6-7-11)12(4,9-13)10(2)3/h10-11H,5-9,13H2,1-4H3. The Morgan fingerprint density at radius 1 is 1.43 bits per heavy atom. The molecule has 14 heavy (non-hydrogen) atoms. The fraction of sp³-hybridized carbons (Fsp3) is 1.00. The average Bonchev–Trinajstić information content (AvgIpc) is 2.96. The third-order valence-electron chi connectivity index (χ3n) is 3.94. The van der Waals surface area contributed by atoms with Gasteiger partial charge in [-0.25, -0.2) is 0 Å². The minimum absolute atomic E-state index is 0.192. The molecule has 1 unspecified atom stereocenters. The van der Waals surface area contributed by atoms with Crippen LogP contribution in [0.15, 0.2) is 0 Å². The van der Waals surface area contributed by atoms with Crippen LogP contribution in [0.5, 0.6) is 0 Å². The molecule has 2 N–H and O–H groups in total. The first kappa shape index (κ1) is 12.0. The Morgan fingerprint density at radius 2 is 2.00 bits per heavy atom. The molecule has 0 aromatic carbocycles. The number of nitrogens with two attached hydrogens (primary N) is 1. The van der Waals surface area contributed by atoms with Gasteiger partial charge < -0.3 is 5.73 Å². The van der Waals surface area contributed by atoms with Gasteiger partial charge >= 0.3 is 0 Å². The number of likely N-dealkylation sites (N-methyl/N-ethyl adjacent to an activating group) is 1. The summed E-state index contributed by atoms with van der Waals surface area (Å²) in [5, 5.41) is 0. The van der Waals surface area contributed by atoms with Gasteiger partial charge in [0, 0.05) is 18.6 Å². The molecule has 1 aliphatic rings. The van der Waals surface area contributed by atoms with E-state index in [0.717, 1.165) is 19.0 Å². The third-order valence-corrected chi connectivity index (χ3v) is 3.94. The highest BCUT2D eigenvalue weighted by Gasteiger charge is 2.36. The van der Waals surface area contributed by atoms with E-state index in [9.17, 15) is 0 Å². The Hall–Kier alpha value is -0.0800. The SMILES string of the molecule is CCN(CC1CC1)C(C)(CN)C(C)C. The van der Waals surface area contributed by atoms with Crippen LogP contribution in [0.3, 0.4) is 0 Å². The van der Waals surface area contributed by atoms with E-state index >= 15 is 0 Å². The summed E-state index contributed by atoms with van der Waals surface area (Å²) in [5.41, 5.74) is 6.13. The monoisotopic (exact) mass is 198 g/mol. The maximum Gasteiger partial charge on any atom is 0.0326 e. The summed E-state index contributed by atoms with van der Waals surface area (Å²) in [6.07, 6.45) is 2.85. The Balaban J connectivity index is 2.61. The first-order valence-electron chi connectivity index (χ1n) is 5.99. The summed E-state index contributed by atoms with van der Waals surface area (Å²) in [7, 11) is 0. The Bertz CT molecular complexity index is 175. The summed E-state index contributed by atoms with van der Waals surface area (Å²) < 4.78 is 0. The van der Waals surface area contributed by atoms with E-state index in [-0.39, 0.29) is 5.54 Å². The largest absolute Gasteiger partial charge is 0.329 e. The lowest BCUT2D eigenvalue weighted by Crippen LogP contribution is -2.55. The van der Waals surface area contributed by atoms with Gasteiger partial charge in [-0.05, 0) is 38.1 Å². The highest BCUT2D eigenvalue weighted by molar-refractivity contribution is 4.92. The van der Waals surface area contributed by atoms with Crippen molar-refractivity contribution in [3.8, 4) is 0 Å². The topological polar surface area (TPSA) is 29.3 Å². The van der Waals surface area contributed by atoms with Crippen LogP contribution in [-0.4, -0.2) is 30.1 Å². The average molecular weight is 198 g/mol. The molecule has 0 amide bonds. The van der Waals surface area contributed by atoms with Crippen molar-refractivity contribution in [3.63, 3.8) is 0 Å².